The van der Waals surface area contributed by atoms with E-state index in [2.05, 4.69) is 23.4 Å². The Kier molecular flexibility index (Phi) is 6.49. The normalized spacial score (nSPS) is 16.3. The van der Waals surface area contributed by atoms with Crippen molar-refractivity contribution in [1.82, 2.24) is 9.47 Å². The summed E-state index contributed by atoms with van der Waals surface area (Å²) in [5.41, 5.74) is 0.755. The molecule has 4 nitrogen and oxygen atoms in total. The molecule has 0 saturated heterocycles. The molecular weight excluding hydrogens is 276 g/mol. The zero-order chi connectivity index (χ0) is 15.9. The zero-order valence-corrected chi connectivity index (χ0v) is 14.1. The van der Waals surface area contributed by atoms with E-state index in [9.17, 15) is 9.90 Å². The summed E-state index contributed by atoms with van der Waals surface area (Å²) in [6.07, 6.45) is 11.5. The first-order valence-electron chi connectivity index (χ1n) is 8.74. The number of nitrogens with zero attached hydrogens (tertiary/aromatic N) is 2. The van der Waals surface area contributed by atoms with Gasteiger partial charge in [-0.25, -0.2) is 0 Å². The monoisotopic (exact) mass is 306 g/mol. The predicted molar refractivity (Wildman–Crippen MR) is 90.2 cm³/mol. The van der Waals surface area contributed by atoms with Gasteiger partial charge >= 0.3 is 0 Å². The lowest BCUT2D eigenvalue weighted by atomic mass is 9.94. The third-order valence-electron chi connectivity index (χ3n) is 4.81. The molecule has 0 unspecified atom stereocenters. The van der Waals surface area contributed by atoms with Gasteiger partial charge in [-0.1, -0.05) is 39.0 Å². The summed E-state index contributed by atoms with van der Waals surface area (Å²) in [5.74, 6) is -0.138. The Labute approximate surface area is 133 Å². The largest absolute Gasteiger partial charge is 0.503 e. The van der Waals surface area contributed by atoms with Crippen LogP contribution in [0.15, 0.2) is 17.1 Å². The minimum absolute atomic E-state index is 0.138. The van der Waals surface area contributed by atoms with E-state index >= 15 is 0 Å². The SMILES string of the molecule is CCCCCn1cc(O)c(=O)cc1CN(C)C1CCCCC1. The van der Waals surface area contributed by atoms with Crippen LogP contribution in [-0.2, 0) is 13.1 Å². The quantitative estimate of drug-likeness (QED) is 0.784. The van der Waals surface area contributed by atoms with Gasteiger partial charge in [-0.3, -0.25) is 9.69 Å². The van der Waals surface area contributed by atoms with E-state index in [0.717, 1.165) is 25.2 Å². The highest BCUT2D eigenvalue weighted by Crippen LogP contribution is 2.23. The average molecular weight is 306 g/mol. The highest BCUT2D eigenvalue weighted by molar-refractivity contribution is 5.20. The lowest BCUT2D eigenvalue weighted by Crippen LogP contribution is -2.34. The summed E-state index contributed by atoms with van der Waals surface area (Å²) >= 11 is 0. The molecule has 22 heavy (non-hydrogen) atoms. The second-order valence-corrected chi connectivity index (χ2v) is 6.62. The number of unbranched alkanes of at least 4 members (excludes halogenated alkanes) is 2. The van der Waals surface area contributed by atoms with E-state index in [1.807, 2.05) is 0 Å². The number of rotatable bonds is 7. The lowest BCUT2D eigenvalue weighted by Gasteiger charge is -2.31. The fourth-order valence-corrected chi connectivity index (χ4v) is 3.39. The predicted octanol–water partition coefficient (Wildman–Crippen LogP) is 3.51. The molecule has 0 radical (unpaired) electrons. The number of hydrogen-bond donors (Lipinski definition) is 1. The number of hydrogen-bond acceptors (Lipinski definition) is 3. The average Bonchev–Trinajstić information content (AvgIpc) is 2.53. The molecule has 0 spiro atoms. The van der Waals surface area contributed by atoms with Crippen LogP contribution in [0.1, 0.15) is 64.0 Å². The first-order valence-corrected chi connectivity index (χ1v) is 8.74. The molecule has 2 rings (SSSR count). The van der Waals surface area contributed by atoms with Crippen LogP contribution in [0.5, 0.6) is 5.75 Å². The Bertz CT molecular complexity index is 518. The number of aromatic nitrogens is 1. The molecule has 4 heteroatoms. The second-order valence-electron chi connectivity index (χ2n) is 6.62. The summed E-state index contributed by atoms with van der Waals surface area (Å²) in [4.78, 5) is 14.2. The Hall–Kier alpha value is -1.29. The molecule has 1 aliphatic carbocycles. The minimum Gasteiger partial charge on any atom is -0.503 e. The lowest BCUT2D eigenvalue weighted by molar-refractivity contribution is 0.180. The van der Waals surface area contributed by atoms with E-state index in [1.165, 1.54) is 44.9 Å². The van der Waals surface area contributed by atoms with Gasteiger partial charge in [0.1, 0.15) is 0 Å². The van der Waals surface area contributed by atoms with Crippen molar-refractivity contribution < 1.29 is 5.11 Å². The molecule has 0 amide bonds. The first kappa shape index (κ1) is 17.1. The molecule has 1 aliphatic rings. The standard InChI is InChI=1S/C18H30N2O2/c1-3-4-8-11-20-14-18(22)17(21)12-16(20)13-19(2)15-9-6-5-7-10-15/h12,14-15,22H,3-11,13H2,1-2H3. The van der Waals surface area contributed by atoms with E-state index in [4.69, 9.17) is 0 Å². The van der Waals surface area contributed by atoms with Crippen LogP contribution in [0.2, 0.25) is 0 Å². The summed E-state index contributed by atoms with van der Waals surface area (Å²) in [5, 5.41) is 9.72. The Morgan fingerprint density at radius 3 is 2.68 bits per heavy atom. The highest BCUT2D eigenvalue weighted by atomic mass is 16.3. The maximum absolute atomic E-state index is 11.8. The Morgan fingerprint density at radius 1 is 1.27 bits per heavy atom. The van der Waals surface area contributed by atoms with Crippen molar-refractivity contribution in [3.05, 3.63) is 28.2 Å². The molecule has 0 aliphatic heterocycles. The van der Waals surface area contributed by atoms with Crippen molar-refractivity contribution in [3.63, 3.8) is 0 Å². The molecule has 0 atom stereocenters. The van der Waals surface area contributed by atoms with Gasteiger partial charge in [0.15, 0.2) is 5.75 Å². The molecular formula is C18H30N2O2. The van der Waals surface area contributed by atoms with Gasteiger partial charge < -0.3 is 9.67 Å². The number of aryl methyl sites for hydroxylation is 1. The maximum Gasteiger partial charge on any atom is 0.223 e. The van der Waals surface area contributed by atoms with Gasteiger partial charge in [-0.15, -0.1) is 0 Å². The van der Waals surface area contributed by atoms with Gasteiger partial charge in [0, 0.05) is 30.9 Å². The smallest absolute Gasteiger partial charge is 0.223 e. The van der Waals surface area contributed by atoms with E-state index in [1.54, 1.807) is 12.3 Å². The first-order chi connectivity index (χ1) is 10.6. The Balaban J connectivity index is 2.09. The van der Waals surface area contributed by atoms with Crippen LogP contribution in [0.4, 0.5) is 0 Å². The number of aromatic hydroxyl groups is 1. The van der Waals surface area contributed by atoms with Crippen molar-refractivity contribution in [2.24, 2.45) is 0 Å². The van der Waals surface area contributed by atoms with Gasteiger partial charge in [-0.05, 0) is 26.3 Å². The Morgan fingerprint density at radius 2 is 2.00 bits per heavy atom. The van der Waals surface area contributed by atoms with Crippen molar-refractivity contribution in [1.29, 1.82) is 0 Å². The summed E-state index contributed by atoms with van der Waals surface area (Å²) in [6.45, 7) is 3.84. The van der Waals surface area contributed by atoms with Crippen LogP contribution >= 0.6 is 0 Å². The summed E-state index contributed by atoms with van der Waals surface area (Å²) < 4.78 is 2.06. The van der Waals surface area contributed by atoms with Crippen LogP contribution < -0.4 is 5.43 Å². The maximum atomic E-state index is 11.8. The highest BCUT2D eigenvalue weighted by Gasteiger charge is 2.19. The van der Waals surface area contributed by atoms with Gasteiger partial charge in [0.05, 0.1) is 6.20 Å². The molecule has 0 bridgehead atoms. The topological polar surface area (TPSA) is 45.5 Å². The van der Waals surface area contributed by atoms with Gasteiger partial charge in [0.25, 0.3) is 0 Å². The second kappa shape index (κ2) is 8.37. The molecule has 1 fully saturated rings. The number of pyridine rings is 1. The van der Waals surface area contributed by atoms with Crippen molar-refractivity contribution in [2.45, 2.75) is 77.4 Å². The molecule has 1 aromatic heterocycles. The molecule has 1 heterocycles. The minimum atomic E-state index is -0.265. The van der Waals surface area contributed by atoms with Crippen molar-refractivity contribution in [3.8, 4) is 5.75 Å². The molecule has 1 N–H and O–H groups in total. The fraction of sp³-hybridized carbons (Fsp3) is 0.722. The van der Waals surface area contributed by atoms with E-state index < -0.39 is 0 Å². The van der Waals surface area contributed by atoms with E-state index in [-0.39, 0.29) is 11.2 Å². The van der Waals surface area contributed by atoms with Gasteiger partial charge in [0.2, 0.25) is 5.43 Å². The van der Waals surface area contributed by atoms with Gasteiger partial charge in [-0.2, -0.15) is 0 Å². The molecule has 0 aromatic carbocycles. The van der Waals surface area contributed by atoms with Crippen LogP contribution in [-0.4, -0.2) is 27.7 Å². The fourth-order valence-electron chi connectivity index (χ4n) is 3.39. The summed E-state index contributed by atoms with van der Waals surface area (Å²) in [7, 11) is 2.16. The molecule has 124 valence electrons. The zero-order valence-electron chi connectivity index (χ0n) is 14.1. The third kappa shape index (κ3) is 4.60. The van der Waals surface area contributed by atoms with Crippen molar-refractivity contribution >= 4 is 0 Å². The molecule has 1 saturated carbocycles. The molecule has 1 aromatic rings. The van der Waals surface area contributed by atoms with Crippen LogP contribution in [0, 0.1) is 0 Å². The van der Waals surface area contributed by atoms with Crippen molar-refractivity contribution in [2.75, 3.05) is 7.05 Å². The summed E-state index contributed by atoms with van der Waals surface area (Å²) in [6, 6.07) is 2.24. The third-order valence-corrected chi connectivity index (χ3v) is 4.81. The van der Waals surface area contributed by atoms with Crippen LogP contribution in [0.3, 0.4) is 0 Å². The van der Waals surface area contributed by atoms with E-state index in [0.29, 0.717) is 6.04 Å². The van der Waals surface area contributed by atoms with Crippen LogP contribution in [0.25, 0.3) is 0 Å².